The predicted molar refractivity (Wildman–Crippen MR) is 249 cm³/mol. The van der Waals surface area contributed by atoms with E-state index in [9.17, 15) is 0 Å². The molecule has 3 fully saturated rings. The van der Waals surface area contributed by atoms with Crippen molar-refractivity contribution < 1.29 is 0 Å². The number of anilines is 3. The summed E-state index contributed by atoms with van der Waals surface area (Å²) in [7, 11) is 0. The van der Waals surface area contributed by atoms with E-state index < -0.39 is 0 Å². The SMILES string of the molecule is CC1(C)c2ccccc2-c2c(-c3ccccc3-c3ccccc3)cc(N(c3ccc(C4CC5CCC4C5)cc3)c3cccc(-c4ccccc4C4CCCCC4)c3)cc21. The lowest BCUT2D eigenvalue weighted by Gasteiger charge is -2.30. The number of fused-ring (bicyclic) bond motifs is 5. The number of nitrogens with zero attached hydrogens (tertiary/aromatic N) is 1. The van der Waals surface area contributed by atoms with Crippen molar-refractivity contribution >= 4 is 17.1 Å². The van der Waals surface area contributed by atoms with Crippen LogP contribution in [0.25, 0.3) is 44.5 Å². The third-order valence-electron chi connectivity index (χ3n) is 15.0. The highest BCUT2D eigenvalue weighted by molar-refractivity contribution is 5.99. The molecular weight excluding hydrogens is 711 g/mol. The second-order valence-electron chi connectivity index (χ2n) is 18.7. The zero-order valence-corrected chi connectivity index (χ0v) is 34.7. The molecule has 0 amide bonds. The van der Waals surface area contributed by atoms with Gasteiger partial charge in [0, 0.05) is 22.5 Å². The van der Waals surface area contributed by atoms with Crippen LogP contribution in [-0.2, 0) is 5.41 Å². The molecule has 0 heterocycles. The molecule has 0 saturated heterocycles. The molecular formula is C58H55N. The van der Waals surface area contributed by atoms with Crippen LogP contribution in [0.2, 0.25) is 0 Å². The average Bonchev–Trinajstić information content (AvgIpc) is 4.00. The van der Waals surface area contributed by atoms with Crippen LogP contribution in [0.3, 0.4) is 0 Å². The van der Waals surface area contributed by atoms with Gasteiger partial charge in [-0.05, 0) is 159 Å². The first-order chi connectivity index (χ1) is 29.0. The molecule has 0 spiro atoms. The van der Waals surface area contributed by atoms with E-state index in [4.69, 9.17) is 0 Å². The largest absolute Gasteiger partial charge is 0.310 e. The third kappa shape index (κ3) is 6.37. The Bertz CT molecular complexity index is 2640. The maximum absolute atomic E-state index is 2.56. The van der Waals surface area contributed by atoms with Crippen LogP contribution < -0.4 is 4.90 Å². The van der Waals surface area contributed by atoms with Gasteiger partial charge in [-0.2, -0.15) is 0 Å². The molecule has 4 aliphatic rings. The monoisotopic (exact) mass is 765 g/mol. The average molecular weight is 766 g/mol. The summed E-state index contributed by atoms with van der Waals surface area (Å²) >= 11 is 0. The summed E-state index contributed by atoms with van der Waals surface area (Å²) in [4.78, 5) is 2.56. The predicted octanol–water partition coefficient (Wildman–Crippen LogP) is 16.4. The van der Waals surface area contributed by atoms with Crippen LogP contribution >= 0.6 is 0 Å². The molecule has 1 heteroatoms. The molecule has 59 heavy (non-hydrogen) atoms. The van der Waals surface area contributed by atoms with Crippen molar-refractivity contribution in [3.63, 3.8) is 0 Å². The fourth-order valence-electron chi connectivity index (χ4n) is 12.0. The van der Waals surface area contributed by atoms with E-state index in [1.54, 1.807) is 0 Å². The lowest BCUT2D eigenvalue weighted by Crippen LogP contribution is -2.17. The van der Waals surface area contributed by atoms with Crippen molar-refractivity contribution in [1.29, 1.82) is 0 Å². The lowest BCUT2D eigenvalue weighted by atomic mass is 9.80. The van der Waals surface area contributed by atoms with Gasteiger partial charge in [0.25, 0.3) is 0 Å². The minimum Gasteiger partial charge on any atom is -0.310 e. The van der Waals surface area contributed by atoms with Crippen LogP contribution in [0.1, 0.15) is 106 Å². The van der Waals surface area contributed by atoms with Gasteiger partial charge in [-0.25, -0.2) is 0 Å². The van der Waals surface area contributed by atoms with E-state index in [0.717, 1.165) is 11.8 Å². The maximum Gasteiger partial charge on any atom is 0.0471 e. The van der Waals surface area contributed by atoms with Crippen molar-refractivity contribution in [1.82, 2.24) is 0 Å². The fourth-order valence-corrected chi connectivity index (χ4v) is 12.0. The maximum atomic E-state index is 2.56. The molecule has 0 aliphatic heterocycles. The van der Waals surface area contributed by atoms with Gasteiger partial charge in [-0.1, -0.05) is 167 Å². The molecule has 1 nitrogen and oxygen atoms in total. The van der Waals surface area contributed by atoms with E-state index in [0.29, 0.717) is 11.8 Å². The molecule has 4 aliphatic carbocycles. The van der Waals surface area contributed by atoms with Gasteiger partial charge >= 0.3 is 0 Å². The molecule has 0 N–H and O–H groups in total. The lowest BCUT2D eigenvalue weighted by molar-refractivity contribution is 0.420. The van der Waals surface area contributed by atoms with Crippen molar-refractivity contribution in [3.05, 3.63) is 186 Å². The normalized spacial score (nSPS) is 20.3. The molecule has 0 aromatic heterocycles. The van der Waals surface area contributed by atoms with Gasteiger partial charge in [-0.3, -0.25) is 0 Å². The Labute approximate surface area is 351 Å². The Hall–Kier alpha value is -5.66. The molecule has 292 valence electrons. The van der Waals surface area contributed by atoms with E-state index >= 15 is 0 Å². The Morgan fingerprint density at radius 3 is 1.92 bits per heavy atom. The Balaban J connectivity index is 1.12. The molecule has 3 saturated carbocycles. The van der Waals surface area contributed by atoms with E-state index in [1.807, 2.05) is 0 Å². The van der Waals surface area contributed by atoms with Gasteiger partial charge in [-0.15, -0.1) is 0 Å². The van der Waals surface area contributed by atoms with Crippen molar-refractivity contribution in [2.75, 3.05) is 4.90 Å². The smallest absolute Gasteiger partial charge is 0.0471 e. The van der Waals surface area contributed by atoms with Crippen LogP contribution in [-0.4, -0.2) is 0 Å². The quantitative estimate of drug-likeness (QED) is 0.149. The number of hydrogen-bond acceptors (Lipinski definition) is 1. The van der Waals surface area contributed by atoms with Crippen LogP contribution in [0.5, 0.6) is 0 Å². The summed E-state index contributed by atoms with van der Waals surface area (Å²) in [6, 6.07) is 62.6. The van der Waals surface area contributed by atoms with Crippen molar-refractivity contribution in [3.8, 4) is 44.5 Å². The summed E-state index contributed by atoms with van der Waals surface area (Å²) < 4.78 is 0. The fraction of sp³-hybridized carbons (Fsp3) is 0.276. The topological polar surface area (TPSA) is 3.24 Å². The first kappa shape index (κ1) is 36.4. The second kappa shape index (κ2) is 14.9. The van der Waals surface area contributed by atoms with Gasteiger partial charge in [0.2, 0.25) is 0 Å². The minimum absolute atomic E-state index is 0.170. The summed E-state index contributed by atoms with van der Waals surface area (Å²) in [6.07, 6.45) is 12.2. The molecule has 3 unspecified atom stereocenters. The molecule has 7 aromatic rings. The summed E-state index contributed by atoms with van der Waals surface area (Å²) in [5.41, 5.74) is 19.7. The van der Waals surface area contributed by atoms with Crippen LogP contribution in [0.4, 0.5) is 17.1 Å². The summed E-state index contributed by atoms with van der Waals surface area (Å²) in [5.74, 6) is 3.12. The van der Waals surface area contributed by atoms with Crippen molar-refractivity contribution in [2.24, 2.45) is 11.8 Å². The first-order valence-corrected chi connectivity index (χ1v) is 22.5. The van der Waals surface area contributed by atoms with Crippen LogP contribution in [0.15, 0.2) is 164 Å². The highest BCUT2D eigenvalue weighted by atomic mass is 15.1. The highest BCUT2D eigenvalue weighted by Crippen LogP contribution is 2.56. The Kier molecular flexibility index (Phi) is 9.18. The summed E-state index contributed by atoms with van der Waals surface area (Å²) in [6.45, 7) is 4.84. The van der Waals surface area contributed by atoms with E-state index in [2.05, 4.69) is 183 Å². The molecule has 11 rings (SSSR count). The second-order valence-corrected chi connectivity index (χ2v) is 18.7. The number of rotatable bonds is 8. The molecule has 7 aromatic carbocycles. The number of benzene rings is 7. The first-order valence-electron chi connectivity index (χ1n) is 22.5. The zero-order valence-electron chi connectivity index (χ0n) is 34.7. The van der Waals surface area contributed by atoms with Gasteiger partial charge in [0.15, 0.2) is 0 Å². The van der Waals surface area contributed by atoms with E-state index in [-0.39, 0.29) is 5.41 Å². The minimum atomic E-state index is -0.170. The van der Waals surface area contributed by atoms with Gasteiger partial charge in [0.05, 0.1) is 0 Å². The zero-order chi connectivity index (χ0) is 39.5. The number of hydrogen-bond donors (Lipinski definition) is 0. The van der Waals surface area contributed by atoms with Gasteiger partial charge in [0.1, 0.15) is 0 Å². The van der Waals surface area contributed by atoms with Gasteiger partial charge < -0.3 is 4.90 Å². The summed E-state index contributed by atoms with van der Waals surface area (Å²) in [5, 5.41) is 0. The Morgan fingerprint density at radius 1 is 0.458 bits per heavy atom. The van der Waals surface area contributed by atoms with E-state index in [1.165, 1.54) is 142 Å². The van der Waals surface area contributed by atoms with Crippen molar-refractivity contribution in [2.45, 2.75) is 88.9 Å². The molecule has 3 atom stereocenters. The standard InChI is InChI=1S/C58H55N/c1-58(2)55-27-14-13-26-52(55)57-54(51-25-12-11-23-49(51)41-18-7-4-8-19-41)37-47(38-56(57)58)59(45-32-30-42(31-33-45)53-35-39-28-29-44(53)34-39)46-21-15-20-43(36-46)50-24-10-9-22-48(50)40-16-5-3-6-17-40/h4,7-15,18-27,30-33,36-40,44,53H,3,5-6,16-17,28-29,34-35H2,1-2H3. The third-order valence-corrected chi connectivity index (χ3v) is 15.0. The molecule has 2 bridgehead atoms. The highest BCUT2D eigenvalue weighted by Gasteiger charge is 2.41. The Morgan fingerprint density at radius 2 is 1.15 bits per heavy atom. The van der Waals surface area contributed by atoms with Crippen LogP contribution in [0, 0.1) is 11.8 Å². The molecule has 0 radical (unpaired) electrons.